The second-order valence-electron chi connectivity index (χ2n) is 11.4. The van der Waals surface area contributed by atoms with Crippen molar-refractivity contribution in [3.8, 4) is 0 Å². The Morgan fingerprint density at radius 2 is 0.810 bits per heavy atom. The molecule has 10 heteroatoms. The number of ether oxygens (including phenoxy) is 2. The molecule has 7 nitrogen and oxygen atoms in total. The van der Waals surface area contributed by atoms with E-state index >= 15 is 0 Å². The zero-order valence-electron chi connectivity index (χ0n) is 26.0. The minimum absolute atomic E-state index is 0. The first kappa shape index (κ1) is 47.3. The Hall–Kier alpha value is 0.850. The number of hydrogen-bond acceptors (Lipinski definition) is 6. The second-order valence-corrected chi connectivity index (χ2v) is 13.0. The normalized spacial score (nSPS) is 11.8. The van der Waals surface area contributed by atoms with E-state index in [2.05, 4.69) is 13.8 Å². The molecule has 0 fully saturated rings. The molecule has 0 amide bonds. The van der Waals surface area contributed by atoms with E-state index < -0.39 is 33.7 Å². The van der Waals surface area contributed by atoms with Gasteiger partial charge in [0.25, 0.3) is 10.1 Å². The summed E-state index contributed by atoms with van der Waals surface area (Å²) in [6.45, 7) is 4.72. The summed E-state index contributed by atoms with van der Waals surface area (Å²) in [4.78, 5) is 24.3. The van der Waals surface area contributed by atoms with Crippen molar-refractivity contribution in [1.82, 2.24) is 0 Å². The Kier molecular flexibility index (Phi) is 39.1. The van der Waals surface area contributed by atoms with Crippen LogP contribution in [0.15, 0.2) is 0 Å². The third-order valence-electron chi connectivity index (χ3n) is 7.48. The van der Waals surface area contributed by atoms with E-state index in [0.717, 1.165) is 32.1 Å². The van der Waals surface area contributed by atoms with Crippen molar-refractivity contribution in [3.63, 3.8) is 0 Å². The van der Waals surface area contributed by atoms with Gasteiger partial charge in [-0.05, 0) is 12.8 Å². The molecule has 0 bridgehead atoms. The molecule has 1 unspecified atom stereocenters. The summed E-state index contributed by atoms with van der Waals surface area (Å²) in [5, 5.41) is -1.93. The van der Waals surface area contributed by atoms with E-state index in [1.807, 2.05) is 0 Å². The molecule has 0 heterocycles. The first-order chi connectivity index (χ1) is 19.3. The van der Waals surface area contributed by atoms with E-state index in [1.165, 1.54) is 109 Å². The molecular formula is C32H64Na2O7S. The molecule has 0 radical (unpaired) electrons. The van der Waals surface area contributed by atoms with Crippen LogP contribution < -0.4 is 0 Å². The molecule has 0 saturated carbocycles. The summed E-state index contributed by atoms with van der Waals surface area (Å²) < 4.78 is 43.0. The molecule has 0 aliphatic heterocycles. The molecule has 0 aromatic carbocycles. The summed E-state index contributed by atoms with van der Waals surface area (Å²) in [5.41, 5.74) is 0. The number of rotatable bonds is 30. The Labute approximate surface area is 303 Å². The number of carbonyl (C=O) groups is 2. The van der Waals surface area contributed by atoms with Gasteiger partial charge in [0.05, 0.1) is 19.6 Å². The predicted molar refractivity (Wildman–Crippen MR) is 178 cm³/mol. The minimum atomic E-state index is -4.76. The Bertz CT molecular complexity index is 705. The fraction of sp³-hybridized carbons (Fsp3) is 0.938. The number of hydrogen-bond donors (Lipinski definition) is 1. The average Bonchev–Trinajstić information content (AvgIpc) is 2.91. The molecule has 0 saturated heterocycles. The van der Waals surface area contributed by atoms with Gasteiger partial charge in [-0.25, -0.2) is 0 Å². The molecule has 0 aliphatic rings. The topological polar surface area (TPSA) is 107 Å². The SMILES string of the molecule is CCCCCCCCCCCCCCOC(=O)CC(C(=O)OCCCCCCCCCCCCCC)S(=O)(=O)O.[NaH].[NaH]. The molecule has 0 aromatic rings. The van der Waals surface area contributed by atoms with Gasteiger partial charge < -0.3 is 9.47 Å². The Balaban J connectivity index is -0.00000760. The van der Waals surface area contributed by atoms with Gasteiger partial charge in [0.15, 0.2) is 5.25 Å². The first-order valence-corrected chi connectivity index (χ1v) is 18.1. The van der Waals surface area contributed by atoms with Crippen molar-refractivity contribution >= 4 is 81.2 Å². The van der Waals surface area contributed by atoms with Gasteiger partial charge >= 0.3 is 71.1 Å². The van der Waals surface area contributed by atoms with Crippen LogP contribution in [0.1, 0.15) is 174 Å². The van der Waals surface area contributed by atoms with Crippen molar-refractivity contribution in [2.24, 2.45) is 0 Å². The van der Waals surface area contributed by atoms with Gasteiger partial charge in [0, 0.05) is 0 Å². The summed E-state index contributed by atoms with van der Waals surface area (Å²) in [6.07, 6.45) is 27.6. The van der Waals surface area contributed by atoms with Gasteiger partial charge in [0.1, 0.15) is 0 Å². The fourth-order valence-electron chi connectivity index (χ4n) is 4.86. The zero-order valence-corrected chi connectivity index (χ0v) is 26.8. The summed E-state index contributed by atoms with van der Waals surface area (Å²) in [7, 11) is -4.76. The molecule has 1 N–H and O–H groups in total. The third-order valence-corrected chi connectivity index (χ3v) is 8.56. The third kappa shape index (κ3) is 32.2. The molecule has 0 aliphatic carbocycles. The molecule has 42 heavy (non-hydrogen) atoms. The van der Waals surface area contributed by atoms with Crippen LogP contribution in [0.5, 0.6) is 0 Å². The van der Waals surface area contributed by atoms with E-state index in [-0.39, 0.29) is 72.3 Å². The van der Waals surface area contributed by atoms with E-state index in [4.69, 9.17) is 9.47 Å². The van der Waals surface area contributed by atoms with Gasteiger partial charge in [-0.3, -0.25) is 14.1 Å². The average molecular weight is 639 g/mol. The fourth-order valence-corrected chi connectivity index (χ4v) is 5.52. The standard InChI is InChI=1S/C32H62O7S.2Na.2H/c1-3-5-7-9-11-13-15-17-19-21-23-25-27-38-31(33)29-30(40(35,36)37)32(34)39-28-26-24-22-20-18-16-14-12-10-8-6-4-2;;;;/h30H,3-29H2,1-2H3,(H,35,36,37);;;;. The molecule has 242 valence electrons. The van der Waals surface area contributed by atoms with Crippen molar-refractivity contribution < 1.29 is 32.0 Å². The molecule has 0 aromatic heterocycles. The van der Waals surface area contributed by atoms with Crippen LogP contribution in [0.2, 0.25) is 0 Å². The quantitative estimate of drug-likeness (QED) is 0.0370. The summed E-state index contributed by atoms with van der Waals surface area (Å²) >= 11 is 0. The number of unbranched alkanes of at least 4 members (excludes halogenated alkanes) is 22. The van der Waals surface area contributed by atoms with Crippen molar-refractivity contribution in [3.05, 3.63) is 0 Å². The summed E-state index contributed by atoms with van der Waals surface area (Å²) in [5.74, 6) is -1.90. The van der Waals surface area contributed by atoms with Gasteiger partial charge in [-0.1, -0.05) is 155 Å². The van der Waals surface area contributed by atoms with Gasteiger partial charge in [-0.15, -0.1) is 0 Å². The van der Waals surface area contributed by atoms with E-state index in [1.54, 1.807) is 0 Å². The predicted octanol–water partition coefficient (Wildman–Crippen LogP) is 7.82. The zero-order chi connectivity index (χ0) is 29.7. The van der Waals surface area contributed by atoms with E-state index in [9.17, 15) is 22.6 Å². The molecule has 0 rings (SSSR count). The van der Waals surface area contributed by atoms with Crippen molar-refractivity contribution in [1.29, 1.82) is 0 Å². The maximum atomic E-state index is 12.2. The van der Waals surface area contributed by atoms with Crippen LogP contribution in [0, 0.1) is 0 Å². The number of esters is 2. The van der Waals surface area contributed by atoms with Gasteiger partial charge in [0.2, 0.25) is 0 Å². The van der Waals surface area contributed by atoms with Crippen LogP contribution in [0.3, 0.4) is 0 Å². The van der Waals surface area contributed by atoms with E-state index in [0.29, 0.717) is 12.8 Å². The van der Waals surface area contributed by atoms with Crippen molar-refractivity contribution in [2.45, 2.75) is 180 Å². The molecule has 0 spiro atoms. The first-order valence-electron chi connectivity index (χ1n) is 16.6. The monoisotopic (exact) mass is 638 g/mol. The molecular weight excluding hydrogens is 574 g/mol. The summed E-state index contributed by atoms with van der Waals surface area (Å²) in [6, 6.07) is 0. The van der Waals surface area contributed by atoms with Crippen LogP contribution in [-0.2, 0) is 29.2 Å². The van der Waals surface area contributed by atoms with Crippen LogP contribution >= 0.6 is 0 Å². The maximum absolute atomic E-state index is 12.2. The Morgan fingerprint density at radius 3 is 1.12 bits per heavy atom. The van der Waals surface area contributed by atoms with Crippen LogP contribution in [-0.4, -0.2) is 102 Å². The van der Waals surface area contributed by atoms with Crippen LogP contribution in [0.4, 0.5) is 0 Å². The van der Waals surface area contributed by atoms with Gasteiger partial charge in [-0.2, -0.15) is 8.42 Å². The van der Waals surface area contributed by atoms with Crippen LogP contribution in [0.25, 0.3) is 0 Å². The van der Waals surface area contributed by atoms with Crippen molar-refractivity contribution in [2.75, 3.05) is 13.2 Å². The Morgan fingerprint density at radius 1 is 0.524 bits per heavy atom. The number of carbonyl (C=O) groups excluding carboxylic acids is 2. The second kappa shape index (κ2) is 34.7. The molecule has 1 atom stereocenters.